The van der Waals surface area contributed by atoms with Gasteiger partial charge in [-0.1, -0.05) is 50.2 Å². The highest BCUT2D eigenvalue weighted by atomic mass is 32.1. The van der Waals surface area contributed by atoms with E-state index in [0.717, 1.165) is 91.9 Å². The number of aliphatic hydroxyl groups is 1. The number of phenols is 1. The van der Waals surface area contributed by atoms with E-state index in [1.807, 2.05) is 82.7 Å². The van der Waals surface area contributed by atoms with Crippen LogP contribution in [0.2, 0.25) is 0 Å². The number of thiazole rings is 1. The van der Waals surface area contributed by atoms with Gasteiger partial charge in [-0.25, -0.2) is 4.98 Å². The zero-order valence-corrected chi connectivity index (χ0v) is 39.7. The molecule has 0 radical (unpaired) electrons. The van der Waals surface area contributed by atoms with Crippen LogP contribution in [0.1, 0.15) is 75.9 Å². The Bertz CT molecular complexity index is 2420. The van der Waals surface area contributed by atoms with E-state index in [1.165, 1.54) is 4.90 Å². The molecule has 5 atom stereocenters. The Morgan fingerprint density at radius 1 is 0.985 bits per heavy atom. The number of carbonyl (C=O) groups excluding carboxylic acids is 2. The molecule has 0 unspecified atom stereocenters. The van der Waals surface area contributed by atoms with Gasteiger partial charge in [-0.2, -0.15) is 0 Å². The minimum Gasteiger partial charge on any atom is -0.507 e. The molecule has 3 fully saturated rings. The van der Waals surface area contributed by atoms with Gasteiger partial charge in [-0.05, 0) is 93.0 Å². The summed E-state index contributed by atoms with van der Waals surface area (Å²) in [5.41, 5.74) is 7.14. The molecule has 0 bridgehead atoms. The number of aliphatic hydroxyl groups excluding tert-OH is 1. The molecule has 4 N–H and O–H groups in total. The van der Waals surface area contributed by atoms with Crippen LogP contribution in [0, 0.1) is 18.8 Å². The zero-order valence-electron chi connectivity index (χ0n) is 38.9. The number of amides is 2. The second-order valence-electron chi connectivity index (χ2n) is 18.5. The van der Waals surface area contributed by atoms with E-state index in [1.54, 1.807) is 29.5 Å². The molecule has 5 aromatic rings. The molecule has 0 spiro atoms. The zero-order chi connectivity index (χ0) is 46.5. The molecule has 2 amide bonds. The average molecular weight is 921 g/mol. The predicted octanol–water partition coefficient (Wildman–Crippen LogP) is 6.19. The topological polar surface area (TPSA) is 186 Å². The van der Waals surface area contributed by atoms with Crippen molar-refractivity contribution in [1.29, 1.82) is 0 Å². The summed E-state index contributed by atoms with van der Waals surface area (Å²) in [7, 11) is 1.86. The lowest BCUT2D eigenvalue weighted by molar-refractivity contribution is -0.141. The van der Waals surface area contributed by atoms with Crippen LogP contribution in [0.15, 0.2) is 70.7 Å². The first-order valence-electron chi connectivity index (χ1n) is 23.3. The number of carbonyl (C=O) groups is 2. The Kier molecular flexibility index (Phi) is 14.9. The summed E-state index contributed by atoms with van der Waals surface area (Å²) in [4.78, 5) is 42.3. The number of ether oxygens (including phenoxy) is 1. The standard InChI is InChI=1S/C49H64N10O6S/c1-30(2)45(49(63)59-28-37(60)23-41(59)48(62)52-32(4)35-11-13-36(14-12-35)46-33(5)51-29-66-46)43-25-44(55-65-43)64-22-21-56-17-15-34(16-18-56)27-57-19-20-58(31(3)26-57)40-24-39(53-54-47(40)50-6)38-9-7-8-10-42(38)61/h7-14,24-25,29-32,34,37,41,45,60-61H,15-23,26-28H2,1-6H3,(H,50,54)(H,52,62)/t31-,32-,37+,41-,45+/m0/s1. The molecule has 3 aliphatic heterocycles. The molecule has 6 heterocycles. The van der Waals surface area contributed by atoms with Gasteiger partial charge in [0.25, 0.3) is 5.88 Å². The highest BCUT2D eigenvalue weighted by Crippen LogP contribution is 2.36. The number of anilines is 2. The second-order valence-corrected chi connectivity index (χ2v) is 19.3. The molecule has 2 aromatic carbocycles. The number of aromatic nitrogens is 4. The summed E-state index contributed by atoms with van der Waals surface area (Å²) in [5, 5.41) is 40.5. The summed E-state index contributed by atoms with van der Waals surface area (Å²) in [6.07, 6.45) is 1.58. The van der Waals surface area contributed by atoms with E-state index in [9.17, 15) is 19.8 Å². The first-order chi connectivity index (χ1) is 31.9. The minimum atomic E-state index is -0.819. The van der Waals surface area contributed by atoms with E-state index in [2.05, 4.69) is 52.6 Å². The highest BCUT2D eigenvalue weighted by molar-refractivity contribution is 7.13. The molecule has 0 saturated carbocycles. The first-order valence-corrected chi connectivity index (χ1v) is 24.2. The first kappa shape index (κ1) is 46.9. The van der Waals surface area contributed by atoms with Crippen molar-refractivity contribution in [2.24, 2.45) is 11.8 Å². The van der Waals surface area contributed by atoms with Gasteiger partial charge in [-0.15, -0.1) is 21.5 Å². The number of hydrogen-bond acceptors (Lipinski definition) is 15. The number of hydrogen-bond donors (Lipinski definition) is 4. The van der Waals surface area contributed by atoms with Crippen molar-refractivity contribution in [2.75, 3.05) is 76.2 Å². The lowest BCUT2D eigenvalue weighted by Crippen LogP contribution is -2.53. The third-order valence-electron chi connectivity index (χ3n) is 13.5. The van der Waals surface area contributed by atoms with Gasteiger partial charge < -0.3 is 39.9 Å². The number of nitrogens with one attached hydrogen (secondary N) is 2. The molecule has 352 valence electrons. The number of piperidine rings is 1. The van der Waals surface area contributed by atoms with Gasteiger partial charge >= 0.3 is 0 Å². The number of phenolic OH excluding ortho intramolecular Hbond substituents is 1. The van der Waals surface area contributed by atoms with Gasteiger partial charge in [0, 0.05) is 70.4 Å². The maximum Gasteiger partial charge on any atom is 0.254 e. The van der Waals surface area contributed by atoms with Gasteiger partial charge in [0.2, 0.25) is 11.8 Å². The molecular weight excluding hydrogens is 857 g/mol. The average Bonchev–Trinajstić information content (AvgIpc) is 4.07. The largest absolute Gasteiger partial charge is 0.507 e. The number of aryl methyl sites for hydroxylation is 1. The van der Waals surface area contributed by atoms with Crippen LogP contribution in [0.25, 0.3) is 21.7 Å². The van der Waals surface area contributed by atoms with Crippen molar-refractivity contribution in [3.05, 3.63) is 83.2 Å². The van der Waals surface area contributed by atoms with Crippen LogP contribution in [-0.4, -0.2) is 141 Å². The lowest BCUT2D eigenvalue weighted by Gasteiger charge is -2.43. The van der Waals surface area contributed by atoms with E-state index in [4.69, 9.17) is 9.26 Å². The SMILES string of the molecule is CNc1nnc(-c2ccccc2O)cc1N1CCN(CC2CCN(CCOc3cc([C@H](C(=O)N4C[C@H](O)C[C@H]4C(=O)N[C@@H](C)c4ccc(-c5scnc5C)cc4)C(C)C)on3)CC2)C[C@@H]1C. The van der Waals surface area contributed by atoms with Gasteiger partial charge in [-0.3, -0.25) is 19.4 Å². The summed E-state index contributed by atoms with van der Waals surface area (Å²) in [6.45, 7) is 17.1. The van der Waals surface area contributed by atoms with E-state index in [-0.39, 0.29) is 48.5 Å². The summed E-state index contributed by atoms with van der Waals surface area (Å²) in [5.74, 6) is 0.780. The fraction of sp³-hybridized carbons (Fsp3) is 0.510. The quantitative estimate of drug-likeness (QED) is 0.0878. The maximum absolute atomic E-state index is 14.2. The molecule has 17 heteroatoms. The molecule has 8 rings (SSSR count). The van der Waals surface area contributed by atoms with E-state index >= 15 is 0 Å². The Morgan fingerprint density at radius 3 is 2.45 bits per heavy atom. The van der Waals surface area contributed by atoms with Crippen LogP contribution in [-0.2, 0) is 9.59 Å². The highest BCUT2D eigenvalue weighted by Gasteiger charge is 2.43. The lowest BCUT2D eigenvalue weighted by atomic mass is 9.91. The van der Waals surface area contributed by atoms with Crippen LogP contribution < -0.4 is 20.3 Å². The van der Waals surface area contributed by atoms with Crippen LogP contribution in [0.3, 0.4) is 0 Å². The maximum atomic E-state index is 14.2. The summed E-state index contributed by atoms with van der Waals surface area (Å²) >= 11 is 1.59. The predicted molar refractivity (Wildman–Crippen MR) is 256 cm³/mol. The third kappa shape index (κ3) is 10.6. The Labute approximate surface area is 391 Å². The van der Waals surface area contributed by atoms with Crippen molar-refractivity contribution in [2.45, 2.75) is 84.0 Å². The molecule has 16 nitrogen and oxygen atoms in total. The number of rotatable bonds is 16. The van der Waals surface area contributed by atoms with Crippen molar-refractivity contribution in [3.8, 4) is 33.3 Å². The van der Waals surface area contributed by atoms with Gasteiger partial charge in [0.05, 0.1) is 39.6 Å². The third-order valence-corrected chi connectivity index (χ3v) is 14.5. The van der Waals surface area contributed by atoms with Crippen molar-refractivity contribution in [3.63, 3.8) is 0 Å². The van der Waals surface area contributed by atoms with Crippen molar-refractivity contribution < 1.29 is 29.1 Å². The Balaban J connectivity index is 0.786. The van der Waals surface area contributed by atoms with E-state index < -0.39 is 18.1 Å². The number of benzene rings is 2. The monoisotopic (exact) mass is 920 g/mol. The molecule has 3 saturated heterocycles. The van der Waals surface area contributed by atoms with Crippen LogP contribution in [0.5, 0.6) is 11.6 Å². The van der Waals surface area contributed by atoms with Crippen molar-refractivity contribution in [1.82, 2.24) is 40.4 Å². The number of para-hydroxylation sites is 1. The van der Waals surface area contributed by atoms with Gasteiger partial charge in [0.1, 0.15) is 24.3 Å². The fourth-order valence-electron chi connectivity index (χ4n) is 9.80. The molecule has 66 heavy (non-hydrogen) atoms. The molecule has 0 aliphatic carbocycles. The molecule has 3 aromatic heterocycles. The molecular formula is C49H64N10O6S. The van der Waals surface area contributed by atoms with Crippen molar-refractivity contribution >= 4 is 34.7 Å². The van der Waals surface area contributed by atoms with Crippen LogP contribution in [0.4, 0.5) is 11.5 Å². The smallest absolute Gasteiger partial charge is 0.254 e. The van der Waals surface area contributed by atoms with Gasteiger partial charge in [0.15, 0.2) is 11.6 Å². The number of nitrogens with zero attached hydrogens (tertiary/aromatic N) is 8. The number of likely N-dealkylation sites (tertiary alicyclic amines) is 2. The second kappa shape index (κ2) is 20.9. The molecule has 3 aliphatic rings. The number of piperazine rings is 1. The normalized spacial score (nSPS) is 20.7. The number of β-amino-alcohol motifs (C(OH)–C–C–N with tert-alkyl or cyclic N) is 1. The fourth-order valence-corrected chi connectivity index (χ4v) is 10.6. The number of aromatic hydroxyl groups is 1. The minimum absolute atomic E-state index is 0.0625. The van der Waals surface area contributed by atoms with Crippen LogP contribution >= 0.6 is 11.3 Å². The van der Waals surface area contributed by atoms with E-state index in [0.29, 0.717) is 35.4 Å². The Morgan fingerprint density at radius 2 is 1.76 bits per heavy atom. The summed E-state index contributed by atoms with van der Waals surface area (Å²) < 4.78 is 11.8. The summed E-state index contributed by atoms with van der Waals surface area (Å²) in [6, 6.07) is 18.1. The Hall–Kier alpha value is -5.62.